The van der Waals surface area contributed by atoms with Crippen LogP contribution in [0.2, 0.25) is 0 Å². The predicted octanol–water partition coefficient (Wildman–Crippen LogP) is 4.62. The summed E-state index contributed by atoms with van der Waals surface area (Å²) < 4.78 is 10.4. The summed E-state index contributed by atoms with van der Waals surface area (Å²) in [6, 6.07) is 0. The van der Waals surface area contributed by atoms with Crippen LogP contribution in [0.4, 0.5) is 4.79 Å². The molecule has 0 bridgehead atoms. The maximum Gasteiger partial charge on any atom is 0.505 e. The highest BCUT2D eigenvalue weighted by Crippen LogP contribution is 2.13. The van der Waals surface area contributed by atoms with Gasteiger partial charge < -0.3 is 14.6 Å². The number of hydrogen-bond acceptors (Lipinski definition) is 3. The molecule has 0 aliphatic carbocycles. The average Bonchev–Trinajstić information content (AvgIpc) is 2.37. The molecule has 0 saturated heterocycles. The molecule has 4 heteroatoms. The number of ether oxygens (including phenoxy) is 2. The van der Waals surface area contributed by atoms with Crippen LogP contribution in [0.25, 0.3) is 0 Å². The van der Waals surface area contributed by atoms with E-state index in [1.54, 1.807) is 0 Å². The van der Waals surface area contributed by atoms with Crippen LogP contribution in [0.15, 0.2) is 0 Å². The molecule has 0 radical (unpaired) electrons. The summed E-state index contributed by atoms with van der Waals surface area (Å²) in [7, 11) is 0. The van der Waals surface area contributed by atoms with Crippen molar-refractivity contribution >= 4 is 6.16 Å². The minimum absolute atomic E-state index is 0.146. The van der Waals surface area contributed by atoms with Crippen molar-refractivity contribution in [2.45, 2.75) is 77.7 Å². The average molecular weight is 274 g/mol. The summed E-state index contributed by atoms with van der Waals surface area (Å²) in [5, 5.41) is 8.45. The second-order valence-electron chi connectivity index (χ2n) is 4.95. The van der Waals surface area contributed by atoms with Crippen LogP contribution >= 0.6 is 0 Å². The van der Waals surface area contributed by atoms with Crippen LogP contribution in [0, 0.1) is 0 Å². The monoisotopic (exact) mass is 274 g/mol. The Morgan fingerprint density at radius 3 is 2.26 bits per heavy atom. The van der Waals surface area contributed by atoms with E-state index in [-0.39, 0.29) is 12.7 Å². The fourth-order valence-corrected chi connectivity index (χ4v) is 1.96. The highest BCUT2D eigenvalue weighted by molar-refractivity contribution is 5.56. The maximum absolute atomic E-state index is 10.3. The molecule has 0 saturated carbocycles. The van der Waals surface area contributed by atoms with Gasteiger partial charge in [-0.15, -0.1) is 0 Å². The molecule has 0 rings (SSSR count). The number of unbranched alkanes of at least 4 members (excludes halogenated alkanes) is 5. The molecular formula is C15H30O4. The molecule has 1 atom stereocenters. The zero-order chi connectivity index (χ0) is 14.3. The Morgan fingerprint density at radius 1 is 0.947 bits per heavy atom. The molecule has 0 amide bonds. The summed E-state index contributed by atoms with van der Waals surface area (Å²) in [4.78, 5) is 10.3. The van der Waals surface area contributed by atoms with E-state index in [0.29, 0.717) is 6.42 Å². The van der Waals surface area contributed by atoms with Crippen molar-refractivity contribution in [1.82, 2.24) is 0 Å². The van der Waals surface area contributed by atoms with Crippen LogP contribution in [0.1, 0.15) is 71.6 Å². The van der Waals surface area contributed by atoms with Gasteiger partial charge in [-0.2, -0.15) is 0 Å². The Balaban J connectivity index is 3.72. The van der Waals surface area contributed by atoms with E-state index in [1.165, 1.54) is 25.7 Å². The van der Waals surface area contributed by atoms with Crippen LogP contribution in [-0.4, -0.2) is 30.6 Å². The topological polar surface area (TPSA) is 55.8 Å². The minimum atomic E-state index is -1.20. The lowest BCUT2D eigenvalue weighted by atomic mass is 10.1. The summed E-state index contributed by atoms with van der Waals surface area (Å²) >= 11 is 0. The molecule has 1 N–H and O–H groups in total. The molecule has 0 heterocycles. The fourth-order valence-electron chi connectivity index (χ4n) is 1.96. The third-order valence-electron chi connectivity index (χ3n) is 3.15. The smallest absolute Gasteiger partial charge is 0.450 e. The van der Waals surface area contributed by atoms with Crippen LogP contribution in [0.3, 0.4) is 0 Å². The molecule has 1 unspecified atom stereocenters. The molecule has 0 fully saturated rings. The molecule has 0 aromatic heterocycles. The fraction of sp³-hybridized carbons (Fsp3) is 0.933. The molecule has 0 spiro atoms. The van der Waals surface area contributed by atoms with Gasteiger partial charge in [0.25, 0.3) is 0 Å². The van der Waals surface area contributed by atoms with E-state index in [9.17, 15) is 4.79 Å². The zero-order valence-electron chi connectivity index (χ0n) is 12.5. The second kappa shape index (κ2) is 13.7. The van der Waals surface area contributed by atoms with Crippen molar-refractivity contribution in [3.05, 3.63) is 0 Å². The lowest BCUT2D eigenvalue weighted by Gasteiger charge is -2.17. The highest BCUT2D eigenvalue weighted by atomic mass is 16.7. The molecular weight excluding hydrogens is 244 g/mol. The second-order valence-corrected chi connectivity index (χ2v) is 4.95. The Bertz CT molecular complexity index is 206. The van der Waals surface area contributed by atoms with E-state index in [0.717, 1.165) is 32.3 Å². The molecule has 19 heavy (non-hydrogen) atoms. The van der Waals surface area contributed by atoms with Gasteiger partial charge >= 0.3 is 6.16 Å². The normalized spacial score (nSPS) is 12.3. The molecule has 0 aromatic carbocycles. The first-order valence-electron chi connectivity index (χ1n) is 7.68. The quantitative estimate of drug-likeness (QED) is 0.393. The summed E-state index contributed by atoms with van der Waals surface area (Å²) in [5.41, 5.74) is 0. The van der Waals surface area contributed by atoms with Gasteiger partial charge in [-0.05, 0) is 12.8 Å². The van der Waals surface area contributed by atoms with Crippen molar-refractivity contribution < 1.29 is 19.4 Å². The van der Waals surface area contributed by atoms with E-state index in [1.807, 2.05) is 0 Å². The van der Waals surface area contributed by atoms with Gasteiger partial charge in [-0.1, -0.05) is 52.4 Å². The molecule has 0 aliphatic heterocycles. The van der Waals surface area contributed by atoms with E-state index in [2.05, 4.69) is 18.6 Å². The van der Waals surface area contributed by atoms with Gasteiger partial charge in [0.2, 0.25) is 0 Å². The minimum Gasteiger partial charge on any atom is -0.450 e. The third kappa shape index (κ3) is 13.5. The first-order valence-corrected chi connectivity index (χ1v) is 7.68. The Labute approximate surface area is 117 Å². The van der Waals surface area contributed by atoms with Crippen molar-refractivity contribution in [3.8, 4) is 0 Å². The lowest BCUT2D eigenvalue weighted by Crippen LogP contribution is -2.17. The SMILES string of the molecule is CCCCCCCC(CCOC(=O)O)OCCCC. The Kier molecular flexibility index (Phi) is 13.1. The van der Waals surface area contributed by atoms with E-state index >= 15 is 0 Å². The molecule has 4 nitrogen and oxygen atoms in total. The number of hydrogen-bond donors (Lipinski definition) is 1. The molecule has 0 aliphatic rings. The van der Waals surface area contributed by atoms with Gasteiger partial charge in [0.1, 0.15) is 0 Å². The van der Waals surface area contributed by atoms with Crippen molar-refractivity contribution in [2.75, 3.05) is 13.2 Å². The van der Waals surface area contributed by atoms with Crippen molar-refractivity contribution in [2.24, 2.45) is 0 Å². The summed E-state index contributed by atoms with van der Waals surface area (Å²) in [6.07, 6.45) is 9.03. The van der Waals surface area contributed by atoms with Gasteiger partial charge in [-0.25, -0.2) is 4.79 Å². The van der Waals surface area contributed by atoms with Gasteiger partial charge in [0, 0.05) is 13.0 Å². The first-order chi connectivity index (χ1) is 9.20. The highest BCUT2D eigenvalue weighted by Gasteiger charge is 2.10. The third-order valence-corrected chi connectivity index (χ3v) is 3.15. The predicted molar refractivity (Wildman–Crippen MR) is 76.6 cm³/mol. The van der Waals surface area contributed by atoms with Crippen molar-refractivity contribution in [3.63, 3.8) is 0 Å². The van der Waals surface area contributed by atoms with E-state index < -0.39 is 6.16 Å². The van der Waals surface area contributed by atoms with Crippen LogP contribution in [-0.2, 0) is 9.47 Å². The van der Waals surface area contributed by atoms with Gasteiger partial charge in [0.05, 0.1) is 12.7 Å². The number of carboxylic acid groups (broad SMARTS) is 1. The molecule has 0 aromatic rings. The summed E-state index contributed by atoms with van der Waals surface area (Å²) in [5.74, 6) is 0. The standard InChI is InChI=1S/C15H30O4/c1-3-5-7-8-9-10-14(18-12-6-4-2)11-13-19-15(16)17/h14H,3-13H2,1-2H3,(H,16,17). The number of carbonyl (C=O) groups is 1. The van der Waals surface area contributed by atoms with Crippen LogP contribution < -0.4 is 0 Å². The van der Waals surface area contributed by atoms with Crippen molar-refractivity contribution in [1.29, 1.82) is 0 Å². The first kappa shape index (κ1) is 18.2. The largest absolute Gasteiger partial charge is 0.505 e. The Hall–Kier alpha value is -0.770. The van der Waals surface area contributed by atoms with Gasteiger partial charge in [0.15, 0.2) is 0 Å². The van der Waals surface area contributed by atoms with Crippen LogP contribution in [0.5, 0.6) is 0 Å². The lowest BCUT2D eigenvalue weighted by molar-refractivity contribution is 0.0176. The molecule has 114 valence electrons. The van der Waals surface area contributed by atoms with Gasteiger partial charge in [-0.3, -0.25) is 0 Å². The zero-order valence-corrected chi connectivity index (χ0v) is 12.5. The number of rotatable bonds is 13. The Morgan fingerprint density at radius 2 is 1.63 bits per heavy atom. The maximum atomic E-state index is 10.3. The van der Waals surface area contributed by atoms with E-state index in [4.69, 9.17) is 9.84 Å². The summed E-state index contributed by atoms with van der Waals surface area (Å²) in [6.45, 7) is 5.35.